The molecule has 3 aromatic rings. The van der Waals surface area contributed by atoms with Crippen LogP contribution in [0.4, 0.5) is 5.69 Å². The highest BCUT2D eigenvalue weighted by Gasteiger charge is 2.19. The van der Waals surface area contributed by atoms with Crippen LogP contribution < -0.4 is 5.32 Å². The van der Waals surface area contributed by atoms with Crippen LogP contribution in [0, 0.1) is 6.92 Å². The number of piperazine rings is 1. The van der Waals surface area contributed by atoms with E-state index in [2.05, 4.69) is 88.8 Å². The smallest absolute Gasteiger partial charge is 0.173 e. The molecule has 1 aliphatic rings. The molecule has 0 aliphatic carbocycles. The number of thiocarbonyl (C=S) groups is 1. The second-order valence-electron chi connectivity index (χ2n) is 7.21. The second-order valence-corrected chi connectivity index (χ2v) is 7.59. The summed E-state index contributed by atoms with van der Waals surface area (Å²) in [6.07, 6.45) is 0. The molecule has 4 heteroatoms. The molecule has 27 heavy (non-hydrogen) atoms. The average Bonchev–Trinajstić information content (AvgIpc) is 2.70. The van der Waals surface area contributed by atoms with Gasteiger partial charge in [0.25, 0.3) is 0 Å². The van der Waals surface area contributed by atoms with Gasteiger partial charge in [0.2, 0.25) is 0 Å². The Morgan fingerprint density at radius 2 is 1.59 bits per heavy atom. The first-order valence-electron chi connectivity index (χ1n) is 9.51. The van der Waals surface area contributed by atoms with Crippen molar-refractivity contribution < 1.29 is 0 Å². The number of nitrogens with zero attached hydrogens (tertiary/aromatic N) is 2. The number of fused-ring (bicyclic) bond motifs is 1. The highest BCUT2D eigenvalue weighted by molar-refractivity contribution is 7.80. The van der Waals surface area contributed by atoms with Gasteiger partial charge in [0.1, 0.15) is 0 Å². The first-order chi connectivity index (χ1) is 13.2. The minimum Gasteiger partial charge on any atom is -0.346 e. The molecule has 3 aromatic carbocycles. The van der Waals surface area contributed by atoms with Crippen LogP contribution in [0.2, 0.25) is 0 Å². The minimum atomic E-state index is 0.821. The van der Waals surface area contributed by atoms with Crippen LogP contribution in [0.3, 0.4) is 0 Å². The number of hydrogen-bond acceptors (Lipinski definition) is 2. The summed E-state index contributed by atoms with van der Waals surface area (Å²) in [6.45, 7) is 7.13. The predicted molar refractivity (Wildman–Crippen MR) is 118 cm³/mol. The fraction of sp³-hybridized carbons (Fsp3) is 0.261. The van der Waals surface area contributed by atoms with Crippen LogP contribution in [0.1, 0.15) is 11.1 Å². The molecule has 1 N–H and O–H groups in total. The van der Waals surface area contributed by atoms with Gasteiger partial charge in [0, 0.05) is 43.8 Å². The molecule has 1 heterocycles. The highest BCUT2D eigenvalue weighted by Crippen LogP contribution is 2.23. The van der Waals surface area contributed by atoms with Crippen molar-refractivity contribution in [2.24, 2.45) is 0 Å². The van der Waals surface area contributed by atoms with Gasteiger partial charge in [-0.05, 0) is 36.2 Å². The van der Waals surface area contributed by atoms with Crippen LogP contribution in [-0.4, -0.2) is 41.1 Å². The van der Waals surface area contributed by atoms with Crippen molar-refractivity contribution in [1.29, 1.82) is 0 Å². The van der Waals surface area contributed by atoms with Crippen molar-refractivity contribution in [3.05, 3.63) is 77.9 Å². The van der Waals surface area contributed by atoms with E-state index in [0.29, 0.717) is 0 Å². The SMILES string of the molecule is Cc1ccc(CN2CCN(C(=S)Nc3cccc4ccccc34)CC2)cc1. The van der Waals surface area contributed by atoms with E-state index >= 15 is 0 Å². The Balaban J connectivity index is 1.35. The van der Waals surface area contributed by atoms with Crippen LogP contribution in [0.25, 0.3) is 10.8 Å². The van der Waals surface area contributed by atoms with E-state index in [0.717, 1.165) is 43.5 Å². The fourth-order valence-corrected chi connectivity index (χ4v) is 3.88. The summed E-state index contributed by atoms with van der Waals surface area (Å²) in [7, 11) is 0. The summed E-state index contributed by atoms with van der Waals surface area (Å²) in [5.74, 6) is 0. The van der Waals surface area contributed by atoms with Gasteiger partial charge in [0.05, 0.1) is 0 Å². The van der Waals surface area contributed by atoms with Crippen LogP contribution >= 0.6 is 12.2 Å². The van der Waals surface area contributed by atoms with Crippen molar-refractivity contribution in [2.45, 2.75) is 13.5 Å². The zero-order valence-corrected chi connectivity index (χ0v) is 16.5. The summed E-state index contributed by atoms with van der Waals surface area (Å²) in [6, 6.07) is 23.6. The lowest BCUT2D eigenvalue weighted by Gasteiger charge is -2.36. The molecule has 3 nitrogen and oxygen atoms in total. The maximum absolute atomic E-state index is 5.70. The van der Waals surface area contributed by atoms with E-state index in [-0.39, 0.29) is 0 Å². The number of nitrogens with one attached hydrogen (secondary N) is 1. The third-order valence-electron chi connectivity index (χ3n) is 5.22. The summed E-state index contributed by atoms with van der Waals surface area (Å²) < 4.78 is 0. The lowest BCUT2D eigenvalue weighted by Crippen LogP contribution is -2.49. The topological polar surface area (TPSA) is 18.5 Å². The zero-order valence-electron chi connectivity index (χ0n) is 15.7. The van der Waals surface area contributed by atoms with E-state index < -0.39 is 0 Å². The summed E-state index contributed by atoms with van der Waals surface area (Å²) in [4.78, 5) is 4.78. The highest BCUT2D eigenvalue weighted by atomic mass is 32.1. The number of rotatable bonds is 3. The quantitative estimate of drug-likeness (QED) is 0.671. The lowest BCUT2D eigenvalue weighted by molar-refractivity contribution is 0.177. The normalized spacial score (nSPS) is 15.1. The molecular formula is C23H25N3S. The molecule has 1 fully saturated rings. The van der Waals surface area contributed by atoms with Gasteiger partial charge >= 0.3 is 0 Å². The number of hydrogen-bond donors (Lipinski definition) is 1. The summed E-state index contributed by atoms with van der Waals surface area (Å²) >= 11 is 5.70. The molecule has 0 aromatic heterocycles. The molecule has 138 valence electrons. The first-order valence-corrected chi connectivity index (χ1v) is 9.91. The molecule has 0 bridgehead atoms. The Morgan fingerprint density at radius 1 is 0.889 bits per heavy atom. The molecule has 0 saturated carbocycles. The third kappa shape index (κ3) is 4.29. The number of anilines is 1. The van der Waals surface area contributed by atoms with Gasteiger partial charge in [0.15, 0.2) is 5.11 Å². The predicted octanol–water partition coefficient (Wildman–Crippen LogP) is 4.66. The molecule has 0 amide bonds. The van der Waals surface area contributed by atoms with Crippen molar-refractivity contribution in [1.82, 2.24) is 9.80 Å². The zero-order chi connectivity index (χ0) is 18.6. The van der Waals surface area contributed by atoms with E-state index in [4.69, 9.17) is 12.2 Å². The maximum atomic E-state index is 5.70. The van der Waals surface area contributed by atoms with Crippen LogP contribution in [-0.2, 0) is 6.54 Å². The van der Waals surface area contributed by atoms with Gasteiger partial charge in [-0.3, -0.25) is 4.90 Å². The van der Waals surface area contributed by atoms with E-state index in [1.54, 1.807) is 0 Å². The summed E-state index contributed by atoms with van der Waals surface area (Å²) in [5.41, 5.74) is 3.78. The van der Waals surface area contributed by atoms with Crippen molar-refractivity contribution >= 4 is 33.8 Å². The third-order valence-corrected chi connectivity index (χ3v) is 5.58. The Morgan fingerprint density at radius 3 is 2.37 bits per heavy atom. The van der Waals surface area contributed by atoms with Gasteiger partial charge in [-0.15, -0.1) is 0 Å². The van der Waals surface area contributed by atoms with Gasteiger partial charge in [-0.2, -0.15) is 0 Å². The van der Waals surface area contributed by atoms with Crippen LogP contribution in [0.5, 0.6) is 0 Å². The average molecular weight is 376 g/mol. The Bertz CT molecular complexity index is 923. The molecule has 1 saturated heterocycles. The van der Waals surface area contributed by atoms with Gasteiger partial charge in [-0.25, -0.2) is 0 Å². The monoisotopic (exact) mass is 375 g/mol. The Kier molecular flexibility index (Phi) is 5.37. The van der Waals surface area contributed by atoms with Crippen LogP contribution in [0.15, 0.2) is 66.7 Å². The standard InChI is InChI=1S/C23H25N3S/c1-18-9-11-19(12-10-18)17-25-13-15-26(16-14-25)23(27)24-22-8-4-6-20-5-2-3-7-21(20)22/h2-12H,13-17H2,1H3,(H,24,27). The fourth-order valence-electron chi connectivity index (χ4n) is 3.59. The molecule has 0 spiro atoms. The largest absolute Gasteiger partial charge is 0.346 e. The first kappa shape index (κ1) is 18.0. The van der Waals surface area contributed by atoms with E-state index in [9.17, 15) is 0 Å². The van der Waals surface area contributed by atoms with E-state index in [1.807, 2.05) is 0 Å². The number of aryl methyl sites for hydroxylation is 1. The lowest BCUT2D eigenvalue weighted by atomic mass is 10.1. The Hall–Kier alpha value is -2.43. The number of benzene rings is 3. The van der Waals surface area contributed by atoms with Crippen molar-refractivity contribution in [2.75, 3.05) is 31.5 Å². The van der Waals surface area contributed by atoms with Gasteiger partial charge in [-0.1, -0.05) is 66.2 Å². The van der Waals surface area contributed by atoms with E-state index in [1.165, 1.54) is 21.9 Å². The van der Waals surface area contributed by atoms with Crippen molar-refractivity contribution in [3.8, 4) is 0 Å². The van der Waals surface area contributed by atoms with Gasteiger partial charge < -0.3 is 10.2 Å². The molecule has 0 unspecified atom stereocenters. The maximum Gasteiger partial charge on any atom is 0.173 e. The molecule has 0 radical (unpaired) electrons. The molecule has 4 rings (SSSR count). The summed E-state index contributed by atoms with van der Waals surface area (Å²) in [5, 5.41) is 6.72. The van der Waals surface area contributed by atoms with Crippen molar-refractivity contribution in [3.63, 3.8) is 0 Å². The second kappa shape index (κ2) is 8.07. The minimum absolute atomic E-state index is 0.821. The molecule has 0 atom stereocenters. The molecule has 1 aliphatic heterocycles. The molecular weight excluding hydrogens is 350 g/mol. The Labute approximate surface area is 166 Å².